The Kier molecular flexibility index (Phi) is 4.11. The van der Waals surface area contributed by atoms with Crippen LogP contribution < -0.4 is 0 Å². The first-order chi connectivity index (χ1) is 11.7. The van der Waals surface area contributed by atoms with E-state index < -0.39 is 0 Å². The van der Waals surface area contributed by atoms with Crippen LogP contribution in [0.4, 0.5) is 4.39 Å². The summed E-state index contributed by atoms with van der Waals surface area (Å²) >= 11 is 0. The Labute approximate surface area is 141 Å². The minimum atomic E-state index is -0.208. The lowest BCUT2D eigenvalue weighted by Gasteiger charge is -2.19. The van der Waals surface area contributed by atoms with Gasteiger partial charge in [0, 0.05) is 24.4 Å². The number of furan rings is 1. The number of likely N-dealkylation sites (tertiary alicyclic amines) is 1. The molecule has 0 N–H and O–H groups in total. The van der Waals surface area contributed by atoms with E-state index >= 15 is 0 Å². The Balaban J connectivity index is 1.55. The molecule has 3 aromatic rings. The molecule has 1 aliphatic rings. The topological polar surface area (TPSA) is 16.4 Å². The molecule has 1 saturated heterocycles. The molecule has 1 atom stereocenters. The molecule has 0 amide bonds. The molecule has 2 aromatic carbocycles. The van der Waals surface area contributed by atoms with E-state index in [2.05, 4.69) is 24.0 Å². The highest BCUT2D eigenvalue weighted by Crippen LogP contribution is 2.27. The summed E-state index contributed by atoms with van der Waals surface area (Å²) in [7, 11) is 0. The molecule has 0 bridgehead atoms. The molecule has 0 aliphatic carbocycles. The van der Waals surface area contributed by atoms with Crippen LogP contribution in [0.15, 0.2) is 52.9 Å². The van der Waals surface area contributed by atoms with Crippen LogP contribution in [0.1, 0.15) is 25.5 Å². The maximum Gasteiger partial charge on any atom is 0.134 e. The molecular weight excluding hydrogens is 301 g/mol. The fraction of sp³-hybridized carbons (Fsp3) is 0.333. The van der Waals surface area contributed by atoms with Crippen LogP contribution in [0, 0.1) is 5.82 Å². The second kappa shape index (κ2) is 6.40. The zero-order valence-corrected chi connectivity index (χ0v) is 14.0. The summed E-state index contributed by atoms with van der Waals surface area (Å²) in [6, 6.07) is 15.6. The van der Waals surface area contributed by atoms with Crippen LogP contribution in [0.2, 0.25) is 0 Å². The van der Waals surface area contributed by atoms with Gasteiger partial charge in [0.1, 0.15) is 17.2 Å². The predicted molar refractivity (Wildman–Crippen MR) is 95.6 cm³/mol. The normalized spacial score (nSPS) is 18.5. The van der Waals surface area contributed by atoms with E-state index in [1.165, 1.54) is 25.5 Å². The maximum absolute atomic E-state index is 13.4. The lowest BCUT2D eigenvalue weighted by atomic mass is 10.0. The first kappa shape index (κ1) is 15.4. The van der Waals surface area contributed by atoms with Crippen molar-refractivity contribution >= 4 is 11.0 Å². The van der Waals surface area contributed by atoms with Crippen LogP contribution in [-0.2, 0) is 6.42 Å². The molecule has 1 unspecified atom stereocenters. The summed E-state index contributed by atoms with van der Waals surface area (Å²) in [6.45, 7) is 4.56. The van der Waals surface area contributed by atoms with E-state index in [0.717, 1.165) is 40.8 Å². The van der Waals surface area contributed by atoms with Gasteiger partial charge in [-0.3, -0.25) is 0 Å². The number of benzene rings is 2. The summed E-state index contributed by atoms with van der Waals surface area (Å²) in [6.07, 6.45) is 3.55. The van der Waals surface area contributed by atoms with Crippen molar-refractivity contribution in [1.82, 2.24) is 4.90 Å². The van der Waals surface area contributed by atoms with Gasteiger partial charge in [-0.25, -0.2) is 4.39 Å². The van der Waals surface area contributed by atoms with Gasteiger partial charge in [0.2, 0.25) is 0 Å². The van der Waals surface area contributed by atoms with Crippen molar-refractivity contribution in [2.75, 3.05) is 13.1 Å². The van der Waals surface area contributed by atoms with Crippen LogP contribution in [0.5, 0.6) is 0 Å². The van der Waals surface area contributed by atoms with Crippen molar-refractivity contribution in [3.63, 3.8) is 0 Å². The van der Waals surface area contributed by atoms with Gasteiger partial charge in [0.25, 0.3) is 0 Å². The summed E-state index contributed by atoms with van der Waals surface area (Å²) in [5, 5.41) is 1.08. The molecule has 1 aromatic heterocycles. The average molecular weight is 323 g/mol. The van der Waals surface area contributed by atoms with E-state index in [0.29, 0.717) is 6.04 Å². The summed E-state index contributed by atoms with van der Waals surface area (Å²) in [4.78, 5) is 2.53. The van der Waals surface area contributed by atoms with Gasteiger partial charge in [-0.1, -0.05) is 18.2 Å². The predicted octanol–water partition coefficient (Wildman–Crippen LogP) is 5.27. The number of hydrogen-bond donors (Lipinski definition) is 0. The van der Waals surface area contributed by atoms with Crippen LogP contribution in [-0.4, -0.2) is 24.0 Å². The summed E-state index contributed by atoms with van der Waals surface area (Å²) < 4.78 is 19.4. The van der Waals surface area contributed by atoms with Gasteiger partial charge in [0.05, 0.1) is 0 Å². The highest BCUT2D eigenvalue weighted by Gasteiger charge is 2.20. The number of rotatable bonds is 4. The smallest absolute Gasteiger partial charge is 0.134 e. The molecule has 24 heavy (non-hydrogen) atoms. The quantitative estimate of drug-likeness (QED) is 0.650. The molecule has 124 valence electrons. The van der Waals surface area contributed by atoms with E-state index in [1.54, 1.807) is 12.1 Å². The van der Waals surface area contributed by atoms with E-state index in [4.69, 9.17) is 4.42 Å². The van der Waals surface area contributed by atoms with Crippen LogP contribution in [0.3, 0.4) is 0 Å². The maximum atomic E-state index is 13.4. The molecule has 1 aliphatic heterocycles. The molecule has 3 heteroatoms. The summed E-state index contributed by atoms with van der Waals surface area (Å²) in [5.74, 6) is 0.820. The zero-order chi connectivity index (χ0) is 16.5. The number of fused-ring (bicyclic) bond motifs is 1. The molecular formula is C21H22FNO. The van der Waals surface area contributed by atoms with Gasteiger partial charge in [0.15, 0.2) is 0 Å². The van der Waals surface area contributed by atoms with Gasteiger partial charge in [-0.2, -0.15) is 0 Å². The fourth-order valence-corrected chi connectivity index (χ4v) is 3.65. The average Bonchev–Trinajstić information content (AvgIpc) is 3.17. The fourth-order valence-electron chi connectivity index (χ4n) is 3.65. The third kappa shape index (κ3) is 3.09. The lowest BCUT2D eigenvalue weighted by Crippen LogP contribution is -2.28. The first-order valence-electron chi connectivity index (χ1n) is 8.71. The second-order valence-corrected chi connectivity index (χ2v) is 6.75. The molecule has 0 radical (unpaired) electrons. The Morgan fingerprint density at radius 2 is 2.00 bits per heavy atom. The zero-order valence-electron chi connectivity index (χ0n) is 14.0. The van der Waals surface area contributed by atoms with Crippen molar-refractivity contribution in [2.24, 2.45) is 0 Å². The third-order valence-corrected chi connectivity index (χ3v) is 5.06. The highest BCUT2D eigenvalue weighted by atomic mass is 19.1. The molecule has 0 saturated carbocycles. The molecule has 0 spiro atoms. The number of halogens is 1. The largest absolute Gasteiger partial charge is 0.461 e. The van der Waals surface area contributed by atoms with Crippen molar-refractivity contribution < 1.29 is 8.81 Å². The van der Waals surface area contributed by atoms with Gasteiger partial charge >= 0.3 is 0 Å². The van der Waals surface area contributed by atoms with Gasteiger partial charge in [-0.05, 0) is 67.8 Å². The molecule has 2 nitrogen and oxygen atoms in total. The van der Waals surface area contributed by atoms with Crippen molar-refractivity contribution in [1.29, 1.82) is 0 Å². The van der Waals surface area contributed by atoms with Gasteiger partial charge < -0.3 is 9.32 Å². The monoisotopic (exact) mass is 323 g/mol. The second-order valence-electron chi connectivity index (χ2n) is 6.75. The van der Waals surface area contributed by atoms with Crippen LogP contribution >= 0.6 is 0 Å². The standard InChI is InChI=1S/C21H22FNO/c1-15-4-3-10-23(15)11-9-20-14-18-12-17(7-8-21(18)24-20)16-5-2-6-19(22)13-16/h2,5-8,12-15H,3-4,9-11H2,1H3. The Bertz CT molecular complexity index is 854. The van der Waals surface area contributed by atoms with Crippen molar-refractivity contribution in [3.8, 4) is 11.1 Å². The number of nitrogens with zero attached hydrogens (tertiary/aromatic N) is 1. The Hall–Kier alpha value is -2.13. The molecule has 4 rings (SSSR count). The minimum Gasteiger partial charge on any atom is -0.461 e. The summed E-state index contributed by atoms with van der Waals surface area (Å²) in [5.41, 5.74) is 2.81. The van der Waals surface area contributed by atoms with Crippen LogP contribution in [0.25, 0.3) is 22.1 Å². The van der Waals surface area contributed by atoms with E-state index in [-0.39, 0.29) is 5.82 Å². The van der Waals surface area contributed by atoms with E-state index in [1.807, 2.05) is 18.2 Å². The third-order valence-electron chi connectivity index (χ3n) is 5.06. The van der Waals surface area contributed by atoms with Crippen molar-refractivity contribution in [2.45, 2.75) is 32.2 Å². The first-order valence-corrected chi connectivity index (χ1v) is 8.71. The molecule has 2 heterocycles. The van der Waals surface area contributed by atoms with E-state index in [9.17, 15) is 4.39 Å². The number of hydrogen-bond acceptors (Lipinski definition) is 2. The minimum absolute atomic E-state index is 0.208. The Morgan fingerprint density at radius 3 is 2.79 bits per heavy atom. The Morgan fingerprint density at radius 1 is 1.12 bits per heavy atom. The van der Waals surface area contributed by atoms with Gasteiger partial charge in [-0.15, -0.1) is 0 Å². The van der Waals surface area contributed by atoms with Crippen molar-refractivity contribution in [3.05, 3.63) is 60.1 Å². The lowest BCUT2D eigenvalue weighted by molar-refractivity contribution is 0.266. The highest BCUT2D eigenvalue weighted by molar-refractivity contribution is 5.84. The molecule has 1 fully saturated rings. The SMILES string of the molecule is CC1CCCN1CCc1cc2cc(-c3cccc(F)c3)ccc2o1.